The average Bonchev–Trinajstić information content (AvgIpc) is 3.03. The van der Waals surface area contributed by atoms with Crippen molar-refractivity contribution in [2.24, 2.45) is 5.92 Å². The average molecular weight is 394 g/mol. The Morgan fingerprint density at radius 3 is 2.59 bits per heavy atom. The van der Waals surface area contributed by atoms with E-state index in [0.29, 0.717) is 25.7 Å². The van der Waals surface area contributed by atoms with Crippen molar-refractivity contribution in [2.75, 3.05) is 0 Å². The van der Waals surface area contributed by atoms with Crippen LogP contribution < -0.4 is 5.32 Å². The van der Waals surface area contributed by atoms with Gasteiger partial charge in [-0.3, -0.25) is 4.79 Å². The van der Waals surface area contributed by atoms with Gasteiger partial charge in [0.1, 0.15) is 0 Å². The summed E-state index contributed by atoms with van der Waals surface area (Å²) < 4.78 is 0. The Kier molecular flexibility index (Phi) is 7.24. The molecule has 1 aliphatic rings. The number of fused-ring (bicyclic) bond motifs is 1. The summed E-state index contributed by atoms with van der Waals surface area (Å²) in [6, 6.07) is 17.3. The number of aliphatic hydroxyl groups excluding tert-OH is 2. The normalized spacial score (nSPS) is 20.8. The van der Waals surface area contributed by atoms with Crippen LogP contribution in [-0.2, 0) is 17.6 Å². The molecule has 1 amide bonds. The van der Waals surface area contributed by atoms with Gasteiger partial charge in [-0.25, -0.2) is 0 Å². The number of nitrogens with one attached hydrogen (secondary N) is 1. The smallest absolute Gasteiger partial charge is 0.224 e. The Bertz CT molecular complexity index is 846. The van der Waals surface area contributed by atoms with Crippen LogP contribution in [0, 0.1) is 5.92 Å². The van der Waals surface area contributed by atoms with E-state index in [1.807, 2.05) is 74.5 Å². The number of amides is 1. The molecule has 3 rings (SSSR count). The number of benzene rings is 2. The molecule has 4 atom stereocenters. The molecule has 154 valence electrons. The first-order valence-corrected chi connectivity index (χ1v) is 10.4. The molecule has 0 saturated carbocycles. The highest BCUT2D eigenvalue weighted by Crippen LogP contribution is 2.32. The van der Waals surface area contributed by atoms with Crippen LogP contribution in [-0.4, -0.2) is 28.3 Å². The Balaban J connectivity index is 1.74. The molecular formula is C25H31NO3. The molecule has 4 heteroatoms. The minimum Gasteiger partial charge on any atom is -0.393 e. The summed E-state index contributed by atoms with van der Waals surface area (Å²) >= 11 is 0. The molecule has 0 heterocycles. The van der Waals surface area contributed by atoms with E-state index in [9.17, 15) is 15.0 Å². The number of rotatable bonds is 8. The molecule has 0 bridgehead atoms. The van der Waals surface area contributed by atoms with Gasteiger partial charge in [0.15, 0.2) is 0 Å². The lowest BCUT2D eigenvalue weighted by atomic mass is 9.90. The molecule has 0 fully saturated rings. The Morgan fingerprint density at radius 2 is 1.86 bits per heavy atom. The Labute approximate surface area is 173 Å². The third-order valence-corrected chi connectivity index (χ3v) is 5.80. The molecule has 1 aliphatic carbocycles. The zero-order valence-corrected chi connectivity index (χ0v) is 17.2. The molecule has 0 unspecified atom stereocenters. The van der Waals surface area contributed by atoms with E-state index in [-0.39, 0.29) is 11.8 Å². The highest BCUT2D eigenvalue weighted by molar-refractivity contribution is 5.79. The lowest BCUT2D eigenvalue weighted by Crippen LogP contribution is -2.39. The standard InChI is InChI=1S/C25H31NO3/c1-3-17(2)13-21(27)15-20(14-18-9-5-4-6-10-18)25(29)26-24-22-12-8-7-11-19(22)16-23(24)28/h3-12,20-21,23-24,27-28H,13-16H2,1-2H3,(H,26,29)/t20-,21-,23-,24+/m1/s1. The van der Waals surface area contributed by atoms with Crippen LogP contribution in [0.5, 0.6) is 0 Å². The molecule has 0 aliphatic heterocycles. The van der Waals surface area contributed by atoms with Crippen molar-refractivity contribution < 1.29 is 15.0 Å². The number of carbonyl (C=O) groups excluding carboxylic acids is 1. The topological polar surface area (TPSA) is 69.6 Å². The molecule has 0 saturated heterocycles. The zero-order valence-electron chi connectivity index (χ0n) is 17.2. The lowest BCUT2D eigenvalue weighted by molar-refractivity contribution is -0.127. The first-order chi connectivity index (χ1) is 14.0. The van der Waals surface area contributed by atoms with Gasteiger partial charge in [0.05, 0.1) is 18.2 Å². The second kappa shape index (κ2) is 9.86. The van der Waals surface area contributed by atoms with E-state index in [1.54, 1.807) is 0 Å². The van der Waals surface area contributed by atoms with Crippen LogP contribution in [0.25, 0.3) is 0 Å². The molecule has 0 radical (unpaired) electrons. The van der Waals surface area contributed by atoms with Gasteiger partial charge in [-0.1, -0.05) is 66.2 Å². The summed E-state index contributed by atoms with van der Waals surface area (Å²) in [4.78, 5) is 13.2. The van der Waals surface area contributed by atoms with Crippen molar-refractivity contribution in [1.82, 2.24) is 5.32 Å². The van der Waals surface area contributed by atoms with Gasteiger partial charge in [-0.05, 0) is 49.8 Å². The van der Waals surface area contributed by atoms with Crippen molar-refractivity contribution in [2.45, 2.75) is 57.8 Å². The highest BCUT2D eigenvalue weighted by Gasteiger charge is 2.34. The van der Waals surface area contributed by atoms with Crippen LogP contribution >= 0.6 is 0 Å². The first kappa shape index (κ1) is 21.3. The quantitative estimate of drug-likeness (QED) is 0.599. The summed E-state index contributed by atoms with van der Waals surface area (Å²) in [5.74, 6) is -0.483. The number of hydrogen-bond donors (Lipinski definition) is 3. The summed E-state index contributed by atoms with van der Waals surface area (Å²) in [6.45, 7) is 3.94. The number of aliphatic hydroxyl groups is 2. The second-order valence-corrected chi connectivity index (χ2v) is 8.07. The van der Waals surface area contributed by atoms with Crippen molar-refractivity contribution in [3.05, 3.63) is 82.9 Å². The highest BCUT2D eigenvalue weighted by atomic mass is 16.3. The second-order valence-electron chi connectivity index (χ2n) is 8.07. The summed E-state index contributed by atoms with van der Waals surface area (Å²) in [7, 11) is 0. The van der Waals surface area contributed by atoms with Gasteiger partial charge in [-0.15, -0.1) is 0 Å². The predicted octanol–water partition coefficient (Wildman–Crippen LogP) is 3.73. The molecule has 0 aromatic heterocycles. The molecule has 29 heavy (non-hydrogen) atoms. The number of carbonyl (C=O) groups is 1. The largest absolute Gasteiger partial charge is 0.393 e. The SMILES string of the molecule is CC=C(C)C[C@@H](O)C[C@@H](Cc1ccccc1)C(=O)N[C@H]1c2ccccc2C[C@H]1O. The summed E-state index contributed by atoms with van der Waals surface area (Å²) in [5.41, 5.74) is 4.23. The van der Waals surface area contributed by atoms with Crippen LogP contribution in [0.3, 0.4) is 0 Å². The van der Waals surface area contributed by atoms with E-state index in [0.717, 1.165) is 22.3 Å². The number of allylic oxidation sites excluding steroid dienone is 1. The van der Waals surface area contributed by atoms with Crippen LogP contribution in [0.1, 0.15) is 49.4 Å². The van der Waals surface area contributed by atoms with E-state index in [2.05, 4.69) is 5.32 Å². The van der Waals surface area contributed by atoms with E-state index >= 15 is 0 Å². The van der Waals surface area contributed by atoms with Crippen molar-refractivity contribution >= 4 is 5.91 Å². The van der Waals surface area contributed by atoms with Gasteiger partial charge >= 0.3 is 0 Å². The molecular weight excluding hydrogens is 362 g/mol. The van der Waals surface area contributed by atoms with Crippen LogP contribution in [0.4, 0.5) is 0 Å². The maximum atomic E-state index is 13.2. The van der Waals surface area contributed by atoms with Crippen molar-refractivity contribution in [3.63, 3.8) is 0 Å². The first-order valence-electron chi connectivity index (χ1n) is 10.4. The minimum atomic E-state index is -0.621. The van der Waals surface area contributed by atoms with Gasteiger partial charge < -0.3 is 15.5 Å². The third kappa shape index (κ3) is 5.55. The minimum absolute atomic E-state index is 0.119. The molecule has 2 aromatic rings. The van der Waals surface area contributed by atoms with Gasteiger partial charge in [0, 0.05) is 12.3 Å². The van der Waals surface area contributed by atoms with Crippen LogP contribution in [0.15, 0.2) is 66.2 Å². The van der Waals surface area contributed by atoms with E-state index in [1.165, 1.54) is 0 Å². The number of hydrogen-bond acceptors (Lipinski definition) is 3. The zero-order chi connectivity index (χ0) is 20.8. The van der Waals surface area contributed by atoms with E-state index in [4.69, 9.17) is 0 Å². The molecule has 0 spiro atoms. The summed E-state index contributed by atoms with van der Waals surface area (Å²) in [5, 5.41) is 24.1. The molecule has 4 nitrogen and oxygen atoms in total. The maximum absolute atomic E-state index is 13.2. The lowest BCUT2D eigenvalue weighted by Gasteiger charge is -2.24. The van der Waals surface area contributed by atoms with Gasteiger partial charge in [-0.2, -0.15) is 0 Å². The Morgan fingerprint density at radius 1 is 1.17 bits per heavy atom. The molecule has 2 aromatic carbocycles. The third-order valence-electron chi connectivity index (χ3n) is 5.80. The Hall–Kier alpha value is -2.43. The monoisotopic (exact) mass is 393 g/mol. The van der Waals surface area contributed by atoms with Gasteiger partial charge in [0.25, 0.3) is 0 Å². The summed E-state index contributed by atoms with van der Waals surface area (Å²) in [6.07, 6.45) is 2.84. The fourth-order valence-electron chi connectivity index (χ4n) is 4.10. The fourth-order valence-corrected chi connectivity index (χ4v) is 4.10. The molecule has 3 N–H and O–H groups in total. The predicted molar refractivity (Wildman–Crippen MR) is 115 cm³/mol. The maximum Gasteiger partial charge on any atom is 0.224 e. The van der Waals surface area contributed by atoms with E-state index < -0.39 is 18.2 Å². The fraction of sp³-hybridized carbons (Fsp3) is 0.400. The van der Waals surface area contributed by atoms with Crippen molar-refractivity contribution in [3.8, 4) is 0 Å². The van der Waals surface area contributed by atoms with Gasteiger partial charge in [0.2, 0.25) is 5.91 Å². The van der Waals surface area contributed by atoms with Crippen LogP contribution in [0.2, 0.25) is 0 Å². The van der Waals surface area contributed by atoms with Crippen molar-refractivity contribution in [1.29, 1.82) is 0 Å².